The Labute approximate surface area is 123 Å². The minimum absolute atomic E-state index is 0.126. The van der Waals surface area contributed by atoms with Crippen LogP contribution in [0.1, 0.15) is 45.3 Å². The molecule has 0 aliphatic carbocycles. The van der Waals surface area contributed by atoms with Gasteiger partial charge in [0.25, 0.3) is 0 Å². The van der Waals surface area contributed by atoms with Crippen LogP contribution in [0, 0.1) is 0 Å². The molecule has 0 spiro atoms. The topological polar surface area (TPSA) is 46.5 Å². The molecule has 0 saturated carbocycles. The zero-order chi connectivity index (χ0) is 14.6. The van der Waals surface area contributed by atoms with E-state index in [1.54, 1.807) is 39.0 Å². The lowest BCUT2D eigenvalue weighted by molar-refractivity contribution is -0.155. The molecule has 0 bridgehead atoms. The highest BCUT2D eigenvalue weighted by molar-refractivity contribution is 6.42. The molecule has 0 saturated heterocycles. The quantitative estimate of drug-likeness (QED) is 0.850. The monoisotopic (exact) mass is 304 g/mol. The lowest BCUT2D eigenvalue weighted by Crippen LogP contribution is -2.24. The third-order valence-corrected chi connectivity index (χ3v) is 3.22. The van der Waals surface area contributed by atoms with E-state index in [0.29, 0.717) is 15.6 Å². The van der Waals surface area contributed by atoms with Crippen LogP contribution in [-0.4, -0.2) is 16.7 Å². The summed E-state index contributed by atoms with van der Waals surface area (Å²) < 4.78 is 5.17. The van der Waals surface area contributed by atoms with Gasteiger partial charge < -0.3 is 9.84 Å². The second-order valence-corrected chi connectivity index (χ2v) is 6.07. The molecule has 19 heavy (non-hydrogen) atoms. The highest BCUT2D eigenvalue weighted by Gasteiger charge is 2.19. The van der Waals surface area contributed by atoms with Gasteiger partial charge in [-0.2, -0.15) is 0 Å². The Kier molecular flexibility index (Phi) is 5.65. The van der Waals surface area contributed by atoms with E-state index in [1.165, 1.54) is 0 Å². The zero-order valence-electron chi connectivity index (χ0n) is 11.2. The van der Waals surface area contributed by atoms with Gasteiger partial charge in [0.2, 0.25) is 0 Å². The smallest absolute Gasteiger partial charge is 0.306 e. The van der Waals surface area contributed by atoms with Gasteiger partial charge in [-0.3, -0.25) is 4.79 Å². The number of hydrogen-bond acceptors (Lipinski definition) is 3. The van der Waals surface area contributed by atoms with Crippen molar-refractivity contribution in [1.29, 1.82) is 0 Å². The van der Waals surface area contributed by atoms with E-state index in [0.717, 1.165) is 0 Å². The summed E-state index contributed by atoms with van der Waals surface area (Å²) in [6.07, 6.45) is -0.463. The van der Waals surface area contributed by atoms with Crippen molar-refractivity contribution in [2.45, 2.75) is 45.3 Å². The molecular weight excluding hydrogens is 287 g/mol. The molecule has 0 heterocycles. The largest absolute Gasteiger partial charge is 0.460 e. The van der Waals surface area contributed by atoms with Gasteiger partial charge in [0.05, 0.1) is 16.1 Å². The molecule has 0 aliphatic rings. The third kappa shape index (κ3) is 5.39. The summed E-state index contributed by atoms with van der Waals surface area (Å²) in [5, 5.41) is 10.7. The first kappa shape index (κ1) is 16.3. The highest BCUT2D eigenvalue weighted by atomic mass is 35.5. The Morgan fingerprint density at radius 3 is 2.58 bits per heavy atom. The number of aliphatic hydroxyl groups excluding tert-OH is 1. The van der Waals surface area contributed by atoms with E-state index in [4.69, 9.17) is 27.9 Å². The maximum atomic E-state index is 11.6. The van der Waals surface area contributed by atoms with Crippen molar-refractivity contribution >= 4 is 29.2 Å². The number of hydrogen-bond donors (Lipinski definition) is 1. The third-order valence-electron chi connectivity index (χ3n) is 2.38. The Morgan fingerprint density at radius 1 is 1.37 bits per heavy atom. The molecule has 106 valence electrons. The summed E-state index contributed by atoms with van der Waals surface area (Å²) in [6, 6.07) is 5.04. The fourth-order valence-corrected chi connectivity index (χ4v) is 2.01. The molecule has 0 aliphatic heterocycles. The summed E-state index contributed by atoms with van der Waals surface area (Å²) in [6.45, 7) is 5.40. The van der Waals surface area contributed by atoms with Gasteiger partial charge in [0.1, 0.15) is 5.60 Å². The van der Waals surface area contributed by atoms with Crippen LogP contribution in [0.25, 0.3) is 0 Å². The molecule has 1 unspecified atom stereocenters. The van der Waals surface area contributed by atoms with Crippen LogP contribution in [0.15, 0.2) is 18.2 Å². The van der Waals surface area contributed by atoms with E-state index < -0.39 is 11.7 Å². The SMILES string of the molecule is CC(C)(C)OC(=O)CCC(O)c1cccc(Cl)c1Cl. The molecule has 0 radical (unpaired) electrons. The van der Waals surface area contributed by atoms with Crippen molar-refractivity contribution in [2.24, 2.45) is 0 Å². The normalized spacial score (nSPS) is 13.2. The van der Waals surface area contributed by atoms with E-state index in [1.807, 2.05) is 0 Å². The van der Waals surface area contributed by atoms with Crippen molar-refractivity contribution in [3.8, 4) is 0 Å². The maximum absolute atomic E-state index is 11.6. The van der Waals surface area contributed by atoms with E-state index in [9.17, 15) is 9.90 Å². The molecule has 1 rings (SSSR count). The molecule has 5 heteroatoms. The van der Waals surface area contributed by atoms with Crippen LogP contribution in [0.3, 0.4) is 0 Å². The van der Waals surface area contributed by atoms with Crippen molar-refractivity contribution in [1.82, 2.24) is 0 Å². The molecule has 0 amide bonds. The minimum atomic E-state index is -0.835. The second kappa shape index (κ2) is 6.60. The molecule has 3 nitrogen and oxygen atoms in total. The van der Waals surface area contributed by atoms with Crippen LogP contribution in [0.4, 0.5) is 0 Å². The van der Waals surface area contributed by atoms with Crippen molar-refractivity contribution in [3.05, 3.63) is 33.8 Å². The van der Waals surface area contributed by atoms with Crippen molar-refractivity contribution < 1.29 is 14.6 Å². The number of benzene rings is 1. The standard InChI is InChI=1S/C14H18Cl2O3/c1-14(2,3)19-12(18)8-7-11(17)9-5-4-6-10(15)13(9)16/h4-6,11,17H,7-8H2,1-3H3. The second-order valence-electron chi connectivity index (χ2n) is 5.28. The van der Waals surface area contributed by atoms with E-state index >= 15 is 0 Å². The number of halogens is 2. The number of rotatable bonds is 4. The number of aliphatic hydroxyl groups is 1. The summed E-state index contributed by atoms with van der Waals surface area (Å²) in [7, 11) is 0. The van der Waals surface area contributed by atoms with Crippen molar-refractivity contribution in [2.75, 3.05) is 0 Å². The number of esters is 1. The molecule has 1 aromatic rings. The zero-order valence-corrected chi connectivity index (χ0v) is 12.8. The first-order valence-electron chi connectivity index (χ1n) is 6.04. The number of carbonyl (C=O) groups is 1. The molecule has 0 aromatic heterocycles. The number of carbonyl (C=O) groups excluding carboxylic acids is 1. The molecule has 1 N–H and O–H groups in total. The molecule has 0 fully saturated rings. The van der Waals surface area contributed by atoms with Crippen molar-refractivity contribution in [3.63, 3.8) is 0 Å². The van der Waals surface area contributed by atoms with Crippen LogP contribution in [0.2, 0.25) is 10.0 Å². The molecular formula is C14H18Cl2O3. The highest BCUT2D eigenvalue weighted by Crippen LogP contribution is 2.31. The Bertz CT molecular complexity index is 452. The van der Waals surface area contributed by atoms with Gasteiger partial charge in [0, 0.05) is 12.0 Å². The first-order chi connectivity index (χ1) is 8.70. The summed E-state index contributed by atoms with van der Waals surface area (Å²) in [5.41, 5.74) is 0.00755. The van der Waals surface area contributed by atoms with E-state index in [-0.39, 0.29) is 18.8 Å². The van der Waals surface area contributed by atoms with Crippen LogP contribution < -0.4 is 0 Å². The van der Waals surface area contributed by atoms with Gasteiger partial charge in [-0.15, -0.1) is 0 Å². The van der Waals surface area contributed by atoms with Gasteiger partial charge in [-0.05, 0) is 33.3 Å². The molecule has 1 atom stereocenters. The van der Waals surface area contributed by atoms with Gasteiger partial charge >= 0.3 is 5.97 Å². The Hall–Kier alpha value is -0.770. The predicted molar refractivity (Wildman–Crippen MR) is 76.5 cm³/mol. The summed E-state index contributed by atoms with van der Waals surface area (Å²) in [4.78, 5) is 11.6. The fourth-order valence-electron chi connectivity index (χ4n) is 1.58. The van der Waals surface area contributed by atoms with Crippen LogP contribution >= 0.6 is 23.2 Å². The summed E-state index contributed by atoms with van der Waals surface area (Å²) in [5.74, 6) is -0.343. The van der Waals surface area contributed by atoms with Gasteiger partial charge in [-0.1, -0.05) is 35.3 Å². The van der Waals surface area contributed by atoms with Gasteiger partial charge in [-0.25, -0.2) is 0 Å². The Morgan fingerprint density at radius 2 is 2.00 bits per heavy atom. The van der Waals surface area contributed by atoms with Gasteiger partial charge in [0.15, 0.2) is 0 Å². The lowest BCUT2D eigenvalue weighted by Gasteiger charge is -2.20. The van der Waals surface area contributed by atoms with Crippen LogP contribution in [0.5, 0.6) is 0 Å². The Balaban J connectivity index is 2.59. The predicted octanol–water partition coefficient (Wildman–Crippen LogP) is 4.15. The summed E-state index contributed by atoms with van der Waals surface area (Å²) >= 11 is 11.9. The first-order valence-corrected chi connectivity index (χ1v) is 6.80. The lowest BCUT2D eigenvalue weighted by atomic mass is 10.0. The average Bonchev–Trinajstić information content (AvgIpc) is 2.27. The number of ether oxygens (including phenoxy) is 1. The fraction of sp³-hybridized carbons (Fsp3) is 0.500. The molecule has 1 aromatic carbocycles. The van der Waals surface area contributed by atoms with Crippen LogP contribution in [-0.2, 0) is 9.53 Å². The maximum Gasteiger partial charge on any atom is 0.306 e. The average molecular weight is 305 g/mol. The van der Waals surface area contributed by atoms with E-state index in [2.05, 4.69) is 0 Å². The minimum Gasteiger partial charge on any atom is -0.460 e.